The van der Waals surface area contributed by atoms with Crippen molar-refractivity contribution in [3.8, 4) is 17.4 Å². The molecule has 3 aromatic carbocycles. The molecule has 0 saturated heterocycles. The van der Waals surface area contributed by atoms with Gasteiger partial charge in [0.2, 0.25) is 11.9 Å². The van der Waals surface area contributed by atoms with E-state index in [1.807, 2.05) is 30.3 Å². The number of nitrogen functional groups attached to an aromatic ring is 1. The lowest BCUT2D eigenvalue weighted by atomic mass is 10.1. The molecule has 0 spiro atoms. The standard InChI is InChI=1S/2C12H8F6N2.C6H6F6.C6H8N2.C6H15N.C2H3N/c1-7-9(11(14,15)12(16,17)18)20(19-10(7)13)8-5-3-2-4-6-8;1-7-9(11(14,15)12(16,17)18)19-20(10(7)13)8-5-3-2-4-6-8;1-3(2)4(7)5(8,9)6(10,11)12;7-8-6-4-2-1-3-5-6;1-4-7(5-2)6-3;1-2-3/h2*2-6H,1H3;1-2H3;1-5,8H,7H2;4-6H2,1-3H3;1H3. The van der Waals surface area contributed by atoms with Crippen molar-refractivity contribution in [1.29, 1.82) is 5.26 Å². The fraction of sp³-hybridized carbons (Fsp3) is 0.386. The van der Waals surface area contributed by atoms with Crippen LogP contribution in [0.1, 0.15) is 64.1 Å². The first-order valence-electron chi connectivity index (χ1n) is 20.0. The van der Waals surface area contributed by atoms with E-state index in [2.05, 4.69) is 41.3 Å². The zero-order valence-corrected chi connectivity index (χ0v) is 38.3. The van der Waals surface area contributed by atoms with Crippen LogP contribution in [0.2, 0.25) is 0 Å². The Kier molecular flexibility index (Phi) is 24.8. The smallest absolute Gasteiger partial charge is 0.324 e. The minimum absolute atomic E-state index is 0.0531. The van der Waals surface area contributed by atoms with Crippen LogP contribution in [0, 0.1) is 37.1 Å². The highest BCUT2D eigenvalue weighted by Gasteiger charge is 2.63. The van der Waals surface area contributed by atoms with Crippen LogP contribution in [0.4, 0.5) is 84.7 Å². The molecular formula is C44H48F18N8. The number of nitrogens with zero attached hydrogens (tertiary/aromatic N) is 6. The number of nitrogens with one attached hydrogen (secondary N) is 1. The molecule has 3 N–H and O–H groups in total. The highest BCUT2D eigenvalue weighted by atomic mass is 19.4. The minimum atomic E-state index is -5.87. The predicted molar refractivity (Wildman–Crippen MR) is 226 cm³/mol. The summed E-state index contributed by atoms with van der Waals surface area (Å²) in [5.41, 5.74) is -2.08. The fourth-order valence-electron chi connectivity index (χ4n) is 5.02. The zero-order chi connectivity index (χ0) is 54.6. The van der Waals surface area contributed by atoms with Gasteiger partial charge in [-0.2, -0.15) is 85.0 Å². The van der Waals surface area contributed by atoms with E-state index in [-0.39, 0.29) is 16.1 Å². The molecule has 0 aliphatic rings. The van der Waals surface area contributed by atoms with E-state index in [4.69, 9.17) is 11.1 Å². The Labute approximate surface area is 391 Å². The van der Waals surface area contributed by atoms with E-state index in [9.17, 15) is 79.0 Å². The normalized spacial score (nSPS) is 11.6. The van der Waals surface area contributed by atoms with Gasteiger partial charge in [0.05, 0.1) is 17.4 Å². The largest absolute Gasteiger partial charge is 0.460 e. The fourth-order valence-corrected chi connectivity index (χ4v) is 5.02. The van der Waals surface area contributed by atoms with Gasteiger partial charge in [0, 0.05) is 23.7 Å². The Morgan fingerprint density at radius 2 is 0.986 bits per heavy atom. The van der Waals surface area contributed by atoms with E-state index < -0.39 is 82.1 Å². The third-order valence-electron chi connectivity index (χ3n) is 8.78. The van der Waals surface area contributed by atoms with E-state index in [1.54, 1.807) is 12.1 Å². The van der Waals surface area contributed by atoms with Crippen LogP contribution in [0.5, 0.6) is 0 Å². The third kappa shape index (κ3) is 17.3. The minimum Gasteiger partial charge on any atom is -0.324 e. The van der Waals surface area contributed by atoms with Gasteiger partial charge >= 0.3 is 36.3 Å². The van der Waals surface area contributed by atoms with Crippen molar-refractivity contribution in [2.75, 3.05) is 25.1 Å². The molecular weight excluding hydrogens is 983 g/mol. The topological polar surface area (TPSA) is 101 Å². The Bertz CT molecular complexity index is 2350. The Morgan fingerprint density at radius 1 is 0.614 bits per heavy atom. The van der Waals surface area contributed by atoms with Crippen LogP contribution in [0.3, 0.4) is 0 Å². The number of nitriles is 1. The second-order valence-electron chi connectivity index (χ2n) is 13.9. The maximum absolute atomic E-state index is 13.8. The van der Waals surface area contributed by atoms with Crippen molar-refractivity contribution in [2.24, 2.45) is 5.84 Å². The zero-order valence-electron chi connectivity index (χ0n) is 38.3. The number of nitrogens with two attached hydrogens (primary N) is 1. The van der Waals surface area contributed by atoms with Gasteiger partial charge < -0.3 is 10.3 Å². The number of benzene rings is 3. The van der Waals surface area contributed by atoms with Crippen LogP contribution < -0.4 is 11.3 Å². The molecule has 0 aliphatic carbocycles. The molecule has 0 radical (unpaired) electrons. The summed E-state index contributed by atoms with van der Waals surface area (Å²) in [5.74, 6) is -15.7. The monoisotopic (exact) mass is 1030 g/mol. The number of halogens is 18. The van der Waals surface area contributed by atoms with Gasteiger partial charge in [-0.05, 0) is 89.3 Å². The number of hydrogen-bond donors (Lipinski definition) is 2. The van der Waals surface area contributed by atoms with Crippen molar-refractivity contribution >= 4 is 5.69 Å². The van der Waals surface area contributed by atoms with Crippen LogP contribution in [0.15, 0.2) is 102 Å². The van der Waals surface area contributed by atoms with E-state index in [0.717, 1.165) is 33.4 Å². The first kappa shape index (κ1) is 63.8. The molecule has 0 amide bonds. The summed E-state index contributed by atoms with van der Waals surface area (Å²) in [6.45, 7) is 14.9. The Hall–Kier alpha value is -6.23. The molecule has 390 valence electrons. The molecule has 8 nitrogen and oxygen atoms in total. The summed E-state index contributed by atoms with van der Waals surface area (Å²) in [4.78, 5) is 2.38. The summed E-state index contributed by atoms with van der Waals surface area (Å²) < 4.78 is 226. The summed E-state index contributed by atoms with van der Waals surface area (Å²) >= 11 is 0. The maximum atomic E-state index is 13.8. The molecule has 0 unspecified atom stereocenters. The first-order chi connectivity index (χ1) is 32.1. The number of aromatic nitrogens is 4. The highest BCUT2D eigenvalue weighted by Crippen LogP contribution is 2.47. The van der Waals surface area contributed by atoms with Gasteiger partial charge in [-0.3, -0.25) is 5.84 Å². The summed E-state index contributed by atoms with van der Waals surface area (Å²) in [6, 6.07) is 25.5. The summed E-state index contributed by atoms with van der Waals surface area (Å²) in [5, 5.41) is 13.5. The molecule has 2 aromatic heterocycles. The van der Waals surface area contributed by atoms with E-state index in [1.165, 1.54) is 81.2 Å². The molecule has 0 atom stereocenters. The molecule has 2 heterocycles. The van der Waals surface area contributed by atoms with Crippen LogP contribution in [-0.4, -0.2) is 68.5 Å². The van der Waals surface area contributed by atoms with Crippen molar-refractivity contribution in [3.63, 3.8) is 0 Å². The van der Waals surface area contributed by atoms with Gasteiger partial charge in [-0.1, -0.05) is 75.4 Å². The lowest BCUT2D eigenvalue weighted by molar-refractivity contribution is -0.291. The van der Waals surface area contributed by atoms with Crippen molar-refractivity contribution in [3.05, 3.63) is 137 Å². The molecule has 5 rings (SSSR count). The molecule has 0 saturated carbocycles. The summed E-state index contributed by atoms with van der Waals surface area (Å²) in [7, 11) is 0. The van der Waals surface area contributed by atoms with E-state index in [0.29, 0.717) is 4.68 Å². The molecule has 0 bridgehead atoms. The molecule has 70 heavy (non-hydrogen) atoms. The number of rotatable bonds is 9. The van der Waals surface area contributed by atoms with Gasteiger partial charge in [-0.25, -0.2) is 13.8 Å². The van der Waals surface area contributed by atoms with Gasteiger partial charge in [0.25, 0.3) is 0 Å². The SMILES string of the molecule is CC#N.CC(C)=C(F)C(F)(F)C(F)(F)F.CCN(CC)CC.Cc1c(C(F)(F)C(F)(F)F)nn(-c2ccccc2)c1F.Cc1c(F)nn(-c2ccccc2)c1C(F)(F)C(F)(F)F.NNc1ccccc1. The first-order valence-corrected chi connectivity index (χ1v) is 20.0. The number of para-hydroxylation sites is 3. The summed E-state index contributed by atoms with van der Waals surface area (Å²) in [6.07, 6.45) is -17.5. The molecule has 5 aromatic rings. The molecule has 0 fully saturated rings. The lowest BCUT2D eigenvalue weighted by Crippen LogP contribution is -2.37. The number of allylic oxidation sites excluding steroid dienone is 2. The lowest BCUT2D eigenvalue weighted by Gasteiger charge is -2.21. The maximum Gasteiger partial charge on any atom is 0.460 e. The Balaban J connectivity index is 0.000000886. The second kappa shape index (κ2) is 27.2. The highest BCUT2D eigenvalue weighted by molar-refractivity contribution is 5.41. The second-order valence-corrected chi connectivity index (χ2v) is 13.9. The number of alkyl halides is 15. The van der Waals surface area contributed by atoms with Gasteiger partial charge in [0.15, 0.2) is 5.83 Å². The Morgan fingerprint density at radius 3 is 1.27 bits per heavy atom. The van der Waals surface area contributed by atoms with Crippen molar-refractivity contribution in [1.82, 2.24) is 24.5 Å². The molecule has 26 heteroatoms. The number of hydrogen-bond acceptors (Lipinski definition) is 6. The van der Waals surface area contributed by atoms with Gasteiger partial charge in [0.1, 0.15) is 11.4 Å². The average molecular weight is 1030 g/mol. The average Bonchev–Trinajstić information content (AvgIpc) is 3.78. The van der Waals surface area contributed by atoms with Crippen LogP contribution in [-0.2, 0) is 11.8 Å². The third-order valence-corrected chi connectivity index (χ3v) is 8.78. The van der Waals surface area contributed by atoms with Crippen LogP contribution >= 0.6 is 0 Å². The number of anilines is 1. The van der Waals surface area contributed by atoms with Crippen LogP contribution in [0.25, 0.3) is 11.4 Å². The quantitative estimate of drug-likeness (QED) is 0.0867. The van der Waals surface area contributed by atoms with Crippen molar-refractivity contribution in [2.45, 2.75) is 91.7 Å². The van der Waals surface area contributed by atoms with Gasteiger partial charge in [-0.15, -0.1) is 5.10 Å². The van der Waals surface area contributed by atoms with E-state index >= 15 is 0 Å². The predicted octanol–water partition coefficient (Wildman–Crippen LogP) is 14.2. The molecule has 0 aliphatic heterocycles. The number of hydrazine groups is 1. The van der Waals surface area contributed by atoms with Crippen molar-refractivity contribution < 1.29 is 79.0 Å².